The first kappa shape index (κ1) is 17.5. The maximum Gasteiger partial charge on any atom is 0.415 e. The van der Waals surface area contributed by atoms with Crippen LogP contribution in [0.15, 0.2) is 72.0 Å². The molecule has 0 spiro atoms. The molecule has 2 rings (SSSR count). The molecular formula is C18H22NO3P. The zero-order valence-corrected chi connectivity index (χ0v) is 14.4. The van der Waals surface area contributed by atoms with E-state index >= 15 is 0 Å². The summed E-state index contributed by atoms with van der Waals surface area (Å²) in [5, 5.41) is 0. The highest BCUT2D eigenvalue weighted by Gasteiger charge is 2.26. The van der Waals surface area contributed by atoms with E-state index in [-0.39, 0.29) is 0 Å². The Morgan fingerprint density at radius 2 is 1.43 bits per heavy atom. The van der Waals surface area contributed by atoms with Gasteiger partial charge in [-0.2, -0.15) is 4.74 Å². The maximum absolute atomic E-state index is 6.01. The fourth-order valence-corrected chi connectivity index (χ4v) is 3.74. The SMILES string of the molecule is C=C(OP(=Nc1ccccc1)(OCC)OCC)c1ccccc1. The molecule has 0 aliphatic rings. The molecule has 0 bridgehead atoms. The Bertz CT molecular complexity index is 661. The topological polar surface area (TPSA) is 40.0 Å². The molecule has 0 aliphatic heterocycles. The van der Waals surface area contributed by atoms with E-state index in [1.807, 2.05) is 74.5 Å². The second-order valence-electron chi connectivity index (χ2n) is 4.62. The number of benzene rings is 2. The van der Waals surface area contributed by atoms with E-state index < -0.39 is 7.74 Å². The molecule has 5 heteroatoms. The Hall–Kier alpha value is -1.87. The highest BCUT2D eigenvalue weighted by Crippen LogP contribution is 2.57. The zero-order chi connectivity index (χ0) is 16.5. The van der Waals surface area contributed by atoms with Gasteiger partial charge in [0.15, 0.2) is 0 Å². The summed E-state index contributed by atoms with van der Waals surface area (Å²) in [6, 6.07) is 19.2. The van der Waals surface area contributed by atoms with Gasteiger partial charge in [0.1, 0.15) is 5.76 Å². The van der Waals surface area contributed by atoms with Crippen LogP contribution in [0.25, 0.3) is 5.76 Å². The average molecular weight is 331 g/mol. The van der Waals surface area contributed by atoms with Crippen LogP contribution in [0, 0.1) is 0 Å². The summed E-state index contributed by atoms with van der Waals surface area (Å²) in [4.78, 5) is 0. The summed E-state index contributed by atoms with van der Waals surface area (Å²) in [6.45, 7) is 8.66. The molecule has 0 fully saturated rings. The van der Waals surface area contributed by atoms with Gasteiger partial charge in [0.05, 0.1) is 18.9 Å². The van der Waals surface area contributed by atoms with E-state index in [2.05, 4.69) is 11.3 Å². The van der Waals surface area contributed by atoms with Crippen LogP contribution in [0.2, 0.25) is 0 Å². The molecule has 0 heterocycles. The van der Waals surface area contributed by atoms with Crippen LogP contribution in [-0.4, -0.2) is 13.2 Å². The Morgan fingerprint density at radius 1 is 0.913 bits per heavy atom. The molecule has 122 valence electrons. The summed E-state index contributed by atoms with van der Waals surface area (Å²) in [6.07, 6.45) is 0. The second kappa shape index (κ2) is 8.68. The molecule has 0 N–H and O–H groups in total. The van der Waals surface area contributed by atoms with E-state index in [1.165, 1.54) is 0 Å². The number of rotatable bonds is 8. The minimum Gasteiger partial charge on any atom is -0.418 e. The molecule has 2 aromatic carbocycles. The van der Waals surface area contributed by atoms with Gasteiger partial charge in [-0.25, -0.2) is 0 Å². The van der Waals surface area contributed by atoms with Crippen molar-refractivity contribution in [1.82, 2.24) is 0 Å². The summed E-state index contributed by atoms with van der Waals surface area (Å²) < 4.78 is 22.2. The van der Waals surface area contributed by atoms with Gasteiger partial charge in [-0.1, -0.05) is 55.1 Å². The third-order valence-corrected chi connectivity index (χ3v) is 5.00. The monoisotopic (exact) mass is 331 g/mol. The van der Waals surface area contributed by atoms with Gasteiger partial charge >= 0.3 is 7.74 Å². The number of nitrogens with zero attached hydrogens (tertiary/aromatic N) is 1. The minimum atomic E-state index is -2.91. The van der Waals surface area contributed by atoms with Crippen LogP contribution >= 0.6 is 7.74 Å². The van der Waals surface area contributed by atoms with Gasteiger partial charge in [-0.15, -0.1) is 0 Å². The van der Waals surface area contributed by atoms with Crippen molar-refractivity contribution in [1.29, 1.82) is 0 Å². The van der Waals surface area contributed by atoms with E-state index in [0.29, 0.717) is 19.0 Å². The van der Waals surface area contributed by atoms with Gasteiger partial charge in [0.25, 0.3) is 0 Å². The van der Waals surface area contributed by atoms with E-state index in [4.69, 9.17) is 13.6 Å². The first-order chi connectivity index (χ1) is 11.2. The van der Waals surface area contributed by atoms with Gasteiger partial charge in [-0.05, 0) is 26.0 Å². The Morgan fingerprint density at radius 3 is 1.96 bits per heavy atom. The lowest BCUT2D eigenvalue weighted by Gasteiger charge is -2.24. The average Bonchev–Trinajstić information content (AvgIpc) is 2.57. The van der Waals surface area contributed by atoms with Crippen LogP contribution in [0.1, 0.15) is 19.4 Å². The largest absolute Gasteiger partial charge is 0.418 e. The third-order valence-electron chi connectivity index (χ3n) is 2.90. The second-order valence-corrected chi connectivity index (χ2v) is 6.46. The van der Waals surface area contributed by atoms with Gasteiger partial charge in [0, 0.05) is 5.56 Å². The predicted molar refractivity (Wildman–Crippen MR) is 95.3 cm³/mol. The molecule has 0 aliphatic carbocycles. The van der Waals surface area contributed by atoms with Crippen LogP contribution < -0.4 is 0 Å². The minimum absolute atomic E-state index is 0.437. The molecule has 2 aromatic rings. The molecule has 0 aromatic heterocycles. The van der Waals surface area contributed by atoms with Gasteiger partial charge < -0.3 is 4.52 Å². The molecule has 0 atom stereocenters. The maximum atomic E-state index is 6.01. The van der Waals surface area contributed by atoms with E-state index in [9.17, 15) is 0 Å². The van der Waals surface area contributed by atoms with Gasteiger partial charge in [-0.3, -0.25) is 9.05 Å². The van der Waals surface area contributed by atoms with Crippen LogP contribution in [0.3, 0.4) is 0 Å². The van der Waals surface area contributed by atoms with Crippen molar-refractivity contribution < 1.29 is 13.6 Å². The fourth-order valence-electron chi connectivity index (χ4n) is 1.95. The van der Waals surface area contributed by atoms with E-state index in [0.717, 1.165) is 11.3 Å². The van der Waals surface area contributed by atoms with Crippen LogP contribution in [0.5, 0.6) is 0 Å². The quantitative estimate of drug-likeness (QED) is 0.438. The number of hydrogen-bond donors (Lipinski definition) is 0. The molecule has 0 unspecified atom stereocenters. The molecular weight excluding hydrogens is 309 g/mol. The van der Waals surface area contributed by atoms with Crippen LogP contribution in [-0.2, 0) is 13.6 Å². The Kier molecular flexibility index (Phi) is 6.60. The highest BCUT2D eigenvalue weighted by atomic mass is 31.2. The standard InChI is InChI=1S/C18H22NO3P/c1-4-20-23(21-5-2,19-18-14-10-7-11-15-18)22-16(3)17-12-8-6-9-13-17/h6-15H,3-5H2,1-2H3. The molecule has 0 amide bonds. The van der Waals surface area contributed by atoms with Crippen LogP contribution in [0.4, 0.5) is 5.69 Å². The van der Waals surface area contributed by atoms with Crippen molar-refractivity contribution in [3.63, 3.8) is 0 Å². The van der Waals surface area contributed by atoms with E-state index in [1.54, 1.807) is 0 Å². The lowest BCUT2D eigenvalue weighted by Crippen LogP contribution is -2.00. The van der Waals surface area contributed by atoms with Crippen molar-refractivity contribution in [2.75, 3.05) is 13.2 Å². The molecule has 0 saturated carbocycles. The first-order valence-electron chi connectivity index (χ1n) is 7.59. The Labute approximate surface area is 138 Å². The van der Waals surface area contributed by atoms with Crippen molar-refractivity contribution in [2.45, 2.75) is 13.8 Å². The third kappa shape index (κ3) is 5.07. The fraction of sp³-hybridized carbons (Fsp3) is 0.222. The molecule has 0 saturated heterocycles. The lowest BCUT2D eigenvalue weighted by atomic mass is 10.2. The zero-order valence-electron chi connectivity index (χ0n) is 13.5. The smallest absolute Gasteiger partial charge is 0.415 e. The summed E-state index contributed by atoms with van der Waals surface area (Å²) in [5.41, 5.74) is 1.63. The molecule has 0 radical (unpaired) electrons. The van der Waals surface area contributed by atoms with Crippen molar-refractivity contribution in [3.8, 4) is 0 Å². The summed E-state index contributed by atoms with van der Waals surface area (Å²) in [7, 11) is -2.91. The van der Waals surface area contributed by atoms with Gasteiger partial charge in [0.2, 0.25) is 0 Å². The van der Waals surface area contributed by atoms with Crippen molar-refractivity contribution >= 4 is 19.2 Å². The normalized spacial score (nSPS) is 11.0. The molecule has 4 nitrogen and oxygen atoms in total. The van der Waals surface area contributed by atoms with Crippen molar-refractivity contribution in [3.05, 3.63) is 72.8 Å². The predicted octanol–water partition coefficient (Wildman–Crippen LogP) is 6.02. The lowest BCUT2D eigenvalue weighted by molar-refractivity contribution is 0.200. The first-order valence-corrected chi connectivity index (χ1v) is 9.09. The summed E-state index contributed by atoms with van der Waals surface area (Å²) in [5.74, 6) is 0.487. The summed E-state index contributed by atoms with van der Waals surface area (Å²) >= 11 is 0. The molecule has 23 heavy (non-hydrogen) atoms. The number of hydrogen-bond acceptors (Lipinski definition) is 4. The highest BCUT2D eigenvalue weighted by molar-refractivity contribution is 7.51. The Balaban J connectivity index is 2.37. The van der Waals surface area contributed by atoms with Crippen molar-refractivity contribution in [2.24, 2.45) is 4.74 Å².